The highest BCUT2D eigenvalue weighted by Crippen LogP contribution is 2.31. The zero-order chi connectivity index (χ0) is 19.6. The minimum atomic E-state index is -0.577. The van der Waals surface area contributed by atoms with E-state index in [0.29, 0.717) is 41.4 Å². The van der Waals surface area contributed by atoms with Crippen molar-refractivity contribution < 1.29 is 23.8 Å². The molecule has 2 N–H and O–H groups in total. The number of aromatic amines is 1. The van der Waals surface area contributed by atoms with Crippen LogP contribution in [0, 0.1) is 0 Å². The maximum Gasteiger partial charge on any atom is 0.356 e. The van der Waals surface area contributed by atoms with E-state index in [1.165, 1.54) is 7.11 Å². The van der Waals surface area contributed by atoms with E-state index in [0.717, 1.165) is 0 Å². The third kappa shape index (κ3) is 4.24. The van der Waals surface area contributed by atoms with Crippen molar-refractivity contribution >= 4 is 40.1 Å². The van der Waals surface area contributed by atoms with E-state index >= 15 is 0 Å². The van der Waals surface area contributed by atoms with E-state index in [9.17, 15) is 9.59 Å². The molecule has 1 aliphatic heterocycles. The predicted octanol–water partition coefficient (Wildman–Crippen LogP) is 2.24. The van der Waals surface area contributed by atoms with Crippen LogP contribution in [0.3, 0.4) is 0 Å². The highest BCUT2D eigenvalue weighted by Gasteiger charge is 2.27. The quantitative estimate of drug-likeness (QED) is 0.729. The van der Waals surface area contributed by atoms with Gasteiger partial charge in [0.2, 0.25) is 5.91 Å². The second kappa shape index (κ2) is 8.26. The Hall–Kier alpha value is -2.13. The number of fused-ring (bicyclic) bond motifs is 1. The Morgan fingerprint density at radius 1 is 1.41 bits per heavy atom. The minimum Gasteiger partial charge on any atom is -0.464 e. The molecule has 0 saturated carbocycles. The van der Waals surface area contributed by atoms with Crippen LogP contribution in [0.2, 0.25) is 5.02 Å². The van der Waals surface area contributed by atoms with Crippen molar-refractivity contribution in [1.29, 1.82) is 0 Å². The van der Waals surface area contributed by atoms with Crippen LogP contribution in [0.5, 0.6) is 0 Å². The summed E-state index contributed by atoms with van der Waals surface area (Å²) in [6.45, 7) is 3.33. The van der Waals surface area contributed by atoms with Crippen molar-refractivity contribution in [3.8, 4) is 0 Å². The van der Waals surface area contributed by atoms with Crippen LogP contribution in [-0.4, -0.2) is 68.0 Å². The fourth-order valence-corrected chi connectivity index (χ4v) is 3.05. The van der Waals surface area contributed by atoms with E-state index in [4.69, 9.17) is 25.8 Å². The number of carbonyl (C=O) groups excluding carboxylic acids is 2. The summed E-state index contributed by atoms with van der Waals surface area (Å²) in [7, 11) is 3.09. The Balaban J connectivity index is 1.82. The molecule has 1 aromatic heterocycles. The molecule has 1 unspecified atom stereocenters. The zero-order valence-electron chi connectivity index (χ0n) is 15.4. The van der Waals surface area contributed by atoms with Gasteiger partial charge in [0.05, 0.1) is 32.1 Å². The van der Waals surface area contributed by atoms with Gasteiger partial charge in [0, 0.05) is 22.5 Å². The van der Waals surface area contributed by atoms with Crippen LogP contribution in [0.1, 0.15) is 17.4 Å². The number of amides is 1. The molecule has 0 aliphatic carbocycles. The Kier molecular flexibility index (Phi) is 6.01. The monoisotopic (exact) mass is 395 g/mol. The number of esters is 1. The van der Waals surface area contributed by atoms with E-state index < -0.39 is 12.0 Å². The zero-order valence-corrected chi connectivity index (χ0v) is 16.1. The van der Waals surface area contributed by atoms with E-state index in [2.05, 4.69) is 10.3 Å². The molecule has 8 nitrogen and oxygen atoms in total. The Labute approximate surface area is 161 Å². The first-order valence-electron chi connectivity index (χ1n) is 8.54. The van der Waals surface area contributed by atoms with Gasteiger partial charge in [-0.2, -0.15) is 0 Å². The average molecular weight is 396 g/mol. The van der Waals surface area contributed by atoms with Gasteiger partial charge in [-0.25, -0.2) is 4.79 Å². The summed E-state index contributed by atoms with van der Waals surface area (Å²) in [4.78, 5) is 29.7. The number of nitrogens with zero attached hydrogens (tertiary/aromatic N) is 1. The van der Waals surface area contributed by atoms with E-state index in [-0.39, 0.29) is 17.9 Å². The molecule has 9 heteroatoms. The number of hydrogen-bond donors (Lipinski definition) is 2. The first-order chi connectivity index (χ1) is 12.9. The van der Waals surface area contributed by atoms with Crippen LogP contribution >= 0.6 is 11.6 Å². The smallest absolute Gasteiger partial charge is 0.356 e. The van der Waals surface area contributed by atoms with Crippen LogP contribution in [0.4, 0.5) is 5.69 Å². The predicted molar refractivity (Wildman–Crippen MR) is 101 cm³/mol. The van der Waals surface area contributed by atoms with E-state index in [1.807, 2.05) is 11.9 Å². The van der Waals surface area contributed by atoms with Crippen LogP contribution in [0.15, 0.2) is 18.2 Å². The summed E-state index contributed by atoms with van der Waals surface area (Å²) in [5.41, 5.74) is 1.18. The molecule has 0 spiro atoms. The van der Waals surface area contributed by atoms with Gasteiger partial charge in [0.15, 0.2) is 6.29 Å². The number of benzene rings is 1. The van der Waals surface area contributed by atoms with Crippen LogP contribution in [0.25, 0.3) is 10.9 Å². The normalized spacial score (nSPS) is 16.0. The van der Waals surface area contributed by atoms with Gasteiger partial charge in [0.1, 0.15) is 5.69 Å². The highest BCUT2D eigenvalue weighted by molar-refractivity contribution is 6.31. The number of H-pyrrole nitrogens is 1. The lowest BCUT2D eigenvalue weighted by Gasteiger charge is -2.25. The number of carbonyl (C=O) groups is 2. The molecule has 0 bridgehead atoms. The van der Waals surface area contributed by atoms with Crippen molar-refractivity contribution in [2.45, 2.75) is 19.3 Å². The SMILES string of the molecule is COC(=O)c1[nH]c2ccc(Cl)cc2c1NC(=O)C(C)N(C)CC1OCCO1. The van der Waals surface area contributed by atoms with Crippen molar-refractivity contribution in [3.63, 3.8) is 0 Å². The topological polar surface area (TPSA) is 92.9 Å². The third-order valence-corrected chi connectivity index (χ3v) is 4.80. The number of aromatic nitrogens is 1. The highest BCUT2D eigenvalue weighted by atomic mass is 35.5. The molecule has 3 rings (SSSR count). The summed E-state index contributed by atoms with van der Waals surface area (Å²) >= 11 is 6.08. The van der Waals surface area contributed by atoms with Crippen LogP contribution in [-0.2, 0) is 19.0 Å². The van der Waals surface area contributed by atoms with Crippen molar-refractivity contribution in [1.82, 2.24) is 9.88 Å². The van der Waals surface area contributed by atoms with Gasteiger partial charge in [-0.3, -0.25) is 9.69 Å². The molecule has 146 valence electrons. The van der Waals surface area contributed by atoms with Gasteiger partial charge >= 0.3 is 5.97 Å². The fourth-order valence-electron chi connectivity index (χ4n) is 2.88. The largest absolute Gasteiger partial charge is 0.464 e. The molecule has 1 amide bonds. The van der Waals surface area contributed by atoms with Crippen LogP contribution < -0.4 is 5.32 Å². The molecule has 1 saturated heterocycles. The summed E-state index contributed by atoms with van der Waals surface area (Å²) in [6, 6.07) is 4.64. The van der Waals surface area contributed by atoms with Gasteiger partial charge in [-0.15, -0.1) is 0 Å². The number of halogens is 1. The first-order valence-corrected chi connectivity index (χ1v) is 8.92. The van der Waals surface area contributed by atoms with Gasteiger partial charge in [-0.05, 0) is 32.2 Å². The lowest BCUT2D eigenvalue weighted by atomic mass is 10.2. The Bertz CT molecular complexity index is 847. The second-order valence-electron chi connectivity index (χ2n) is 6.33. The molecule has 1 atom stereocenters. The average Bonchev–Trinajstić information content (AvgIpc) is 3.28. The molecule has 1 aromatic carbocycles. The third-order valence-electron chi connectivity index (χ3n) is 4.57. The number of methoxy groups -OCH3 is 1. The molecule has 2 aromatic rings. The maximum absolute atomic E-state index is 12.8. The number of ether oxygens (including phenoxy) is 3. The summed E-state index contributed by atoms with van der Waals surface area (Å²) < 4.78 is 15.7. The standard InChI is InChI=1S/C18H22ClN3O5/c1-10(22(2)9-14-26-6-7-27-14)17(23)21-15-12-8-11(19)4-5-13(12)20-16(15)18(24)25-3/h4-5,8,10,14,20H,6-7,9H2,1-3H3,(H,21,23). The molecule has 1 fully saturated rings. The number of nitrogens with one attached hydrogen (secondary N) is 2. The first kappa shape index (κ1) is 19.6. The summed E-state index contributed by atoms with van der Waals surface area (Å²) in [6.07, 6.45) is -0.345. The molecular weight excluding hydrogens is 374 g/mol. The minimum absolute atomic E-state index is 0.167. The molecule has 0 radical (unpaired) electrons. The van der Waals surface area contributed by atoms with Gasteiger partial charge < -0.3 is 24.5 Å². The number of hydrogen-bond acceptors (Lipinski definition) is 6. The van der Waals surface area contributed by atoms with Crippen molar-refractivity contribution in [3.05, 3.63) is 28.9 Å². The van der Waals surface area contributed by atoms with Gasteiger partial charge in [0.25, 0.3) is 0 Å². The Morgan fingerprint density at radius 3 is 2.78 bits per heavy atom. The lowest BCUT2D eigenvalue weighted by molar-refractivity contribution is -0.122. The molecule has 2 heterocycles. The summed E-state index contributed by atoms with van der Waals surface area (Å²) in [5, 5.41) is 3.96. The second-order valence-corrected chi connectivity index (χ2v) is 6.77. The fraction of sp³-hybridized carbons (Fsp3) is 0.444. The van der Waals surface area contributed by atoms with Gasteiger partial charge in [-0.1, -0.05) is 11.6 Å². The van der Waals surface area contributed by atoms with Crippen molar-refractivity contribution in [2.24, 2.45) is 0 Å². The Morgan fingerprint density at radius 2 is 2.11 bits per heavy atom. The molecule has 27 heavy (non-hydrogen) atoms. The number of likely N-dealkylation sites (N-methyl/N-ethyl adjacent to an activating group) is 1. The molecule has 1 aliphatic rings. The summed E-state index contributed by atoms with van der Waals surface area (Å²) in [5.74, 6) is -0.854. The lowest BCUT2D eigenvalue weighted by Crippen LogP contribution is -2.43. The van der Waals surface area contributed by atoms with E-state index in [1.54, 1.807) is 25.1 Å². The molecular formula is C18H22ClN3O5. The number of rotatable bonds is 6. The number of anilines is 1. The maximum atomic E-state index is 12.8. The van der Waals surface area contributed by atoms with Crippen molar-refractivity contribution in [2.75, 3.05) is 39.2 Å².